The van der Waals surface area contributed by atoms with Crippen molar-refractivity contribution in [2.45, 2.75) is 24.8 Å². The molecule has 2 aromatic carbocycles. The molecule has 3 nitrogen and oxygen atoms in total. The summed E-state index contributed by atoms with van der Waals surface area (Å²) in [6.07, 6.45) is 1.85. The standard InChI is InChI=1S/C18H20N2O/c1-20(13-14-5-3-2-4-6-14)17(21)18(11-12-18)15-7-9-16(19)10-8-15/h2-10H,11-13,19H2,1H3. The molecule has 3 rings (SSSR count). The third kappa shape index (κ3) is 2.64. The van der Waals surface area contributed by atoms with Gasteiger partial charge in [0.05, 0.1) is 5.41 Å². The summed E-state index contributed by atoms with van der Waals surface area (Å²) < 4.78 is 0. The van der Waals surface area contributed by atoms with Gasteiger partial charge in [0.15, 0.2) is 0 Å². The highest BCUT2D eigenvalue weighted by atomic mass is 16.2. The molecule has 1 aliphatic carbocycles. The van der Waals surface area contributed by atoms with Crippen LogP contribution >= 0.6 is 0 Å². The Morgan fingerprint density at radius 2 is 1.71 bits per heavy atom. The van der Waals surface area contributed by atoms with E-state index in [0.717, 1.165) is 29.7 Å². The molecule has 0 unspecified atom stereocenters. The Morgan fingerprint density at radius 1 is 1.10 bits per heavy atom. The molecule has 0 spiro atoms. The minimum atomic E-state index is -0.322. The van der Waals surface area contributed by atoms with E-state index in [2.05, 4.69) is 0 Å². The summed E-state index contributed by atoms with van der Waals surface area (Å²) in [6, 6.07) is 17.8. The molecule has 2 aromatic rings. The Morgan fingerprint density at radius 3 is 2.29 bits per heavy atom. The van der Waals surface area contributed by atoms with Crippen molar-refractivity contribution in [2.75, 3.05) is 12.8 Å². The molecule has 1 saturated carbocycles. The van der Waals surface area contributed by atoms with Gasteiger partial charge in [-0.1, -0.05) is 42.5 Å². The quantitative estimate of drug-likeness (QED) is 0.875. The van der Waals surface area contributed by atoms with Crippen LogP contribution in [0.15, 0.2) is 54.6 Å². The smallest absolute Gasteiger partial charge is 0.233 e. The van der Waals surface area contributed by atoms with Crippen LogP contribution in [0.4, 0.5) is 5.69 Å². The summed E-state index contributed by atoms with van der Waals surface area (Å²) in [5.41, 5.74) is 8.39. The molecule has 0 aliphatic heterocycles. The Bertz CT molecular complexity index is 630. The second kappa shape index (κ2) is 5.24. The molecule has 1 aliphatic rings. The van der Waals surface area contributed by atoms with E-state index in [1.165, 1.54) is 0 Å². The highest BCUT2D eigenvalue weighted by Crippen LogP contribution is 2.49. The Balaban J connectivity index is 1.76. The molecule has 1 fully saturated rings. The first-order chi connectivity index (χ1) is 10.1. The van der Waals surface area contributed by atoms with Crippen molar-refractivity contribution in [3.63, 3.8) is 0 Å². The van der Waals surface area contributed by atoms with Crippen molar-refractivity contribution < 1.29 is 4.79 Å². The molecule has 0 bridgehead atoms. The van der Waals surface area contributed by atoms with Crippen LogP contribution in [-0.4, -0.2) is 17.9 Å². The minimum Gasteiger partial charge on any atom is -0.399 e. The maximum Gasteiger partial charge on any atom is 0.233 e. The summed E-state index contributed by atoms with van der Waals surface area (Å²) in [4.78, 5) is 14.6. The summed E-state index contributed by atoms with van der Waals surface area (Å²) in [6.45, 7) is 0.649. The van der Waals surface area contributed by atoms with E-state index in [4.69, 9.17) is 5.73 Å². The van der Waals surface area contributed by atoms with Gasteiger partial charge in [-0.05, 0) is 36.1 Å². The van der Waals surface area contributed by atoms with Gasteiger partial charge in [0.2, 0.25) is 5.91 Å². The van der Waals surface area contributed by atoms with E-state index < -0.39 is 0 Å². The zero-order valence-corrected chi connectivity index (χ0v) is 12.3. The highest BCUT2D eigenvalue weighted by Gasteiger charge is 2.52. The predicted octanol–water partition coefficient (Wildman–Crippen LogP) is 2.96. The predicted molar refractivity (Wildman–Crippen MR) is 84.7 cm³/mol. The average Bonchev–Trinajstić information content (AvgIpc) is 3.30. The van der Waals surface area contributed by atoms with Crippen LogP contribution in [0.1, 0.15) is 24.0 Å². The lowest BCUT2D eigenvalue weighted by Gasteiger charge is -2.24. The van der Waals surface area contributed by atoms with E-state index in [1.807, 2.05) is 66.5 Å². The molecule has 0 atom stereocenters. The third-order valence-electron chi connectivity index (χ3n) is 4.23. The number of hydrogen-bond acceptors (Lipinski definition) is 2. The topological polar surface area (TPSA) is 46.3 Å². The number of rotatable bonds is 4. The summed E-state index contributed by atoms with van der Waals surface area (Å²) in [5, 5.41) is 0. The SMILES string of the molecule is CN(Cc1ccccc1)C(=O)C1(c2ccc(N)cc2)CC1. The van der Waals surface area contributed by atoms with Gasteiger partial charge in [0, 0.05) is 19.3 Å². The molecule has 21 heavy (non-hydrogen) atoms. The number of hydrogen-bond donors (Lipinski definition) is 1. The van der Waals surface area contributed by atoms with Crippen molar-refractivity contribution in [2.24, 2.45) is 0 Å². The highest BCUT2D eigenvalue weighted by molar-refractivity contribution is 5.91. The first-order valence-corrected chi connectivity index (χ1v) is 7.27. The Kier molecular flexibility index (Phi) is 3.42. The van der Waals surface area contributed by atoms with Crippen LogP contribution in [0, 0.1) is 0 Å². The molecule has 0 radical (unpaired) electrons. The Hall–Kier alpha value is -2.29. The van der Waals surface area contributed by atoms with E-state index in [1.54, 1.807) is 0 Å². The number of carbonyl (C=O) groups is 1. The maximum atomic E-state index is 12.8. The van der Waals surface area contributed by atoms with Crippen molar-refractivity contribution in [1.29, 1.82) is 0 Å². The van der Waals surface area contributed by atoms with Crippen LogP contribution in [0.5, 0.6) is 0 Å². The van der Waals surface area contributed by atoms with Crippen LogP contribution < -0.4 is 5.73 Å². The number of nitrogen functional groups attached to an aromatic ring is 1. The summed E-state index contributed by atoms with van der Waals surface area (Å²) in [7, 11) is 1.88. The fraction of sp³-hybridized carbons (Fsp3) is 0.278. The molecular weight excluding hydrogens is 260 g/mol. The monoisotopic (exact) mass is 280 g/mol. The van der Waals surface area contributed by atoms with Crippen LogP contribution in [0.2, 0.25) is 0 Å². The normalized spacial score (nSPS) is 15.5. The first kappa shape index (κ1) is 13.7. The molecule has 0 heterocycles. The number of carbonyl (C=O) groups excluding carboxylic acids is 1. The number of benzene rings is 2. The minimum absolute atomic E-state index is 0.205. The van der Waals surface area contributed by atoms with Crippen molar-refractivity contribution >= 4 is 11.6 Å². The zero-order chi connectivity index (χ0) is 14.9. The first-order valence-electron chi connectivity index (χ1n) is 7.27. The second-order valence-corrected chi connectivity index (χ2v) is 5.85. The van der Waals surface area contributed by atoms with Gasteiger partial charge in [0.25, 0.3) is 0 Å². The van der Waals surface area contributed by atoms with E-state index >= 15 is 0 Å². The fourth-order valence-corrected chi connectivity index (χ4v) is 2.85. The summed E-state index contributed by atoms with van der Waals surface area (Å²) in [5.74, 6) is 0.205. The molecule has 0 saturated heterocycles. The van der Waals surface area contributed by atoms with E-state index in [0.29, 0.717) is 6.54 Å². The maximum absolute atomic E-state index is 12.8. The number of likely N-dealkylation sites (N-methyl/N-ethyl adjacent to an activating group) is 1. The fourth-order valence-electron chi connectivity index (χ4n) is 2.85. The van der Waals surface area contributed by atoms with Gasteiger partial charge in [0.1, 0.15) is 0 Å². The molecule has 2 N–H and O–H groups in total. The molecule has 3 heteroatoms. The largest absolute Gasteiger partial charge is 0.399 e. The third-order valence-corrected chi connectivity index (χ3v) is 4.23. The molecule has 108 valence electrons. The molecule has 0 aromatic heterocycles. The van der Waals surface area contributed by atoms with Crippen molar-refractivity contribution in [3.8, 4) is 0 Å². The van der Waals surface area contributed by atoms with Crippen molar-refractivity contribution in [3.05, 3.63) is 65.7 Å². The number of anilines is 1. The van der Waals surface area contributed by atoms with Crippen molar-refractivity contribution in [1.82, 2.24) is 4.90 Å². The van der Waals surface area contributed by atoms with Gasteiger partial charge in [-0.15, -0.1) is 0 Å². The molecule has 1 amide bonds. The van der Waals surface area contributed by atoms with Gasteiger partial charge < -0.3 is 10.6 Å². The molecular formula is C18H20N2O. The number of nitrogens with zero attached hydrogens (tertiary/aromatic N) is 1. The lowest BCUT2D eigenvalue weighted by molar-refractivity contribution is -0.133. The lowest BCUT2D eigenvalue weighted by atomic mass is 9.94. The zero-order valence-electron chi connectivity index (χ0n) is 12.3. The Labute approximate surface area is 125 Å². The van der Waals surface area contributed by atoms with E-state index in [9.17, 15) is 4.79 Å². The average molecular weight is 280 g/mol. The number of nitrogens with two attached hydrogens (primary N) is 1. The van der Waals surface area contributed by atoms with Crippen LogP contribution in [-0.2, 0) is 16.8 Å². The van der Waals surface area contributed by atoms with Crippen LogP contribution in [0.25, 0.3) is 0 Å². The van der Waals surface area contributed by atoms with Gasteiger partial charge >= 0.3 is 0 Å². The summed E-state index contributed by atoms with van der Waals surface area (Å²) >= 11 is 0. The second-order valence-electron chi connectivity index (χ2n) is 5.85. The van der Waals surface area contributed by atoms with Gasteiger partial charge in [-0.2, -0.15) is 0 Å². The van der Waals surface area contributed by atoms with Gasteiger partial charge in [-0.25, -0.2) is 0 Å². The van der Waals surface area contributed by atoms with Crippen LogP contribution in [0.3, 0.4) is 0 Å². The van der Waals surface area contributed by atoms with Gasteiger partial charge in [-0.3, -0.25) is 4.79 Å². The van der Waals surface area contributed by atoms with E-state index in [-0.39, 0.29) is 11.3 Å². The number of amides is 1. The lowest BCUT2D eigenvalue weighted by Crippen LogP contribution is -2.36.